The van der Waals surface area contributed by atoms with Gasteiger partial charge in [-0.15, -0.1) is 0 Å². The lowest BCUT2D eigenvalue weighted by atomic mass is 9.79. The van der Waals surface area contributed by atoms with Gasteiger partial charge in [0.25, 0.3) is 0 Å². The number of alkyl halides is 1. The molecule has 2 aromatic carbocycles. The van der Waals surface area contributed by atoms with Crippen LogP contribution in [0.4, 0.5) is 4.39 Å². The van der Waals surface area contributed by atoms with Gasteiger partial charge in [0, 0.05) is 30.1 Å². The predicted octanol–water partition coefficient (Wildman–Crippen LogP) is 6.15. The van der Waals surface area contributed by atoms with Gasteiger partial charge in [0.2, 0.25) is 0 Å². The SMILES string of the molecule is COc1ccc2nccc([C@H](F)CC[C@@H]3CCN(CC#Cc4ccccc4Cl)C[C@@H]3CC(=O)O)c2c1. The molecule has 0 amide bonds. The Balaban J connectivity index is 1.39. The monoisotopic (exact) mass is 508 g/mol. The number of methoxy groups -OCH3 is 1. The molecule has 1 saturated heterocycles. The Labute approximate surface area is 216 Å². The third-order valence-electron chi connectivity index (χ3n) is 6.92. The van der Waals surface area contributed by atoms with E-state index >= 15 is 4.39 Å². The maximum atomic E-state index is 15.5. The highest BCUT2D eigenvalue weighted by atomic mass is 35.5. The number of carboxylic acids is 1. The molecule has 1 aliphatic rings. The van der Waals surface area contributed by atoms with Gasteiger partial charge in [-0.1, -0.05) is 35.6 Å². The number of hydrogen-bond acceptors (Lipinski definition) is 4. The highest BCUT2D eigenvalue weighted by Gasteiger charge is 2.31. The first-order valence-electron chi connectivity index (χ1n) is 12.2. The number of rotatable bonds is 8. The van der Waals surface area contributed by atoms with Crippen LogP contribution in [0, 0.1) is 23.7 Å². The van der Waals surface area contributed by atoms with Crippen molar-refractivity contribution in [2.45, 2.75) is 31.9 Å². The van der Waals surface area contributed by atoms with Crippen LogP contribution in [0.3, 0.4) is 0 Å². The summed E-state index contributed by atoms with van der Waals surface area (Å²) in [5.74, 6) is 6.22. The van der Waals surface area contributed by atoms with Gasteiger partial charge in [0.1, 0.15) is 11.9 Å². The minimum Gasteiger partial charge on any atom is -0.497 e. The van der Waals surface area contributed by atoms with Gasteiger partial charge in [-0.25, -0.2) is 4.39 Å². The fourth-order valence-electron chi connectivity index (χ4n) is 5.01. The van der Waals surface area contributed by atoms with E-state index in [-0.39, 0.29) is 18.3 Å². The first kappa shape index (κ1) is 25.9. The molecule has 0 radical (unpaired) electrons. The van der Waals surface area contributed by atoms with Crippen molar-refractivity contribution in [3.8, 4) is 17.6 Å². The summed E-state index contributed by atoms with van der Waals surface area (Å²) < 4.78 is 20.8. The lowest BCUT2D eigenvalue weighted by Crippen LogP contribution is -2.41. The fourth-order valence-corrected chi connectivity index (χ4v) is 5.19. The fraction of sp³-hybridized carbons (Fsp3) is 0.379. The van der Waals surface area contributed by atoms with E-state index in [9.17, 15) is 9.90 Å². The summed E-state index contributed by atoms with van der Waals surface area (Å²) in [5.41, 5.74) is 2.11. The van der Waals surface area contributed by atoms with Crippen LogP contribution in [0.15, 0.2) is 54.7 Å². The molecule has 5 nitrogen and oxygen atoms in total. The highest BCUT2D eigenvalue weighted by molar-refractivity contribution is 6.31. The summed E-state index contributed by atoms with van der Waals surface area (Å²) in [6.07, 6.45) is 2.34. The Morgan fingerprint density at radius 2 is 2.11 bits per heavy atom. The van der Waals surface area contributed by atoms with Crippen molar-refractivity contribution < 1.29 is 19.0 Å². The lowest BCUT2D eigenvalue weighted by molar-refractivity contribution is -0.139. The Morgan fingerprint density at radius 1 is 1.28 bits per heavy atom. The molecule has 0 unspecified atom stereocenters. The van der Waals surface area contributed by atoms with E-state index in [1.807, 2.05) is 42.5 Å². The number of piperidine rings is 1. The van der Waals surface area contributed by atoms with Gasteiger partial charge in [-0.3, -0.25) is 14.7 Å². The number of fused-ring (bicyclic) bond motifs is 1. The zero-order valence-corrected chi connectivity index (χ0v) is 21.0. The van der Waals surface area contributed by atoms with E-state index in [0.717, 1.165) is 29.4 Å². The van der Waals surface area contributed by atoms with Crippen LogP contribution in [0.1, 0.15) is 43.0 Å². The molecule has 7 heteroatoms. The molecule has 2 heterocycles. The summed E-state index contributed by atoms with van der Waals surface area (Å²) in [7, 11) is 1.58. The summed E-state index contributed by atoms with van der Waals surface area (Å²) in [6.45, 7) is 2.00. The minimum atomic E-state index is -1.16. The normalized spacial score (nSPS) is 18.9. The molecule has 36 heavy (non-hydrogen) atoms. The zero-order valence-electron chi connectivity index (χ0n) is 20.3. The second kappa shape index (κ2) is 12.2. The summed E-state index contributed by atoms with van der Waals surface area (Å²) in [6, 6.07) is 14.6. The van der Waals surface area contributed by atoms with Crippen molar-refractivity contribution in [2.24, 2.45) is 11.8 Å². The number of aliphatic carboxylic acids is 1. The molecule has 1 aromatic heterocycles. The average Bonchev–Trinajstić information content (AvgIpc) is 2.88. The number of ether oxygens (including phenoxy) is 1. The summed E-state index contributed by atoms with van der Waals surface area (Å²) in [4.78, 5) is 18.1. The van der Waals surface area contributed by atoms with Gasteiger partial charge in [-0.2, -0.15) is 0 Å². The van der Waals surface area contributed by atoms with Crippen LogP contribution in [0.25, 0.3) is 10.9 Å². The second-order valence-electron chi connectivity index (χ2n) is 9.25. The molecular formula is C29H30ClFN2O3. The third kappa shape index (κ3) is 6.54. The second-order valence-corrected chi connectivity index (χ2v) is 9.66. The van der Waals surface area contributed by atoms with E-state index in [4.69, 9.17) is 16.3 Å². The largest absolute Gasteiger partial charge is 0.497 e. The Kier molecular flexibility index (Phi) is 8.79. The number of benzene rings is 2. The predicted molar refractivity (Wildman–Crippen MR) is 140 cm³/mol. The first-order chi connectivity index (χ1) is 17.4. The summed E-state index contributed by atoms with van der Waals surface area (Å²) in [5, 5.41) is 10.9. The van der Waals surface area contributed by atoms with Crippen molar-refractivity contribution in [1.29, 1.82) is 0 Å². The molecule has 3 atom stereocenters. The minimum absolute atomic E-state index is 0.0418. The van der Waals surface area contributed by atoms with Crippen molar-refractivity contribution in [1.82, 2.24) is 9.88 Å². The quantitative estimate of drug-likeness (QED) is 0.370. The van der Waals surface area contributed by atoms with E-state index in [2.05, 4.69) is 21.7 Å². The zero-order chi connectivity index (χ0) is 25.5. The number of pyridine rings is 1. The molecule has 1 N–H and O–H groups in total. The molecule has 1 aliphatic heterocycles. The number of halogens is 2. The van der Waals surface area contributed by atoms with E-state index < -0.39 is 12.1 Å². The van der Waals surface area contributed by atoms with Gasteiger partial charge >= 0.3 is 5.97 Å². The van der Waals surface area contributed by atoms with Gasteiger partial charge < -0.3 is 9.84 Å². The number of hydrogen-bond donors (Lipinski definition) is 1. The number of nitrogens with zero attached hydrogens (tertiary/aromatic N) is 2. The van der Waals surface area contributed by atoms with Gasteiger partial charge in [0.05, 0.1) is 24.2 Å². The number of aromatic nitrogens is 1. The standard InChI is InChI=1S/C29H30ClFN2O3/c1-36-23-9-11-28-25(18-23)24(12-14-32-28)27(31)10-8-20-13-16-33(19-22(20)17-29(34)35)15-4-6-21-5-2-3-7-26(21)30/h2-3,5,7,9,11-12,14,18,20,22,27H,8,10,13,15-17,19H2,1H3,(H,34,35)/t20-,22+,27-/m1/s1. The Morgan fingerprint density at radius 3 is 2.89 bits per heavy atom. The van der Waals surface area contributed by atoms with Crippen molar-refractivity contribution in [3.63, 3.8) is 0 Å². The van der Waals surface area contributed by atoms with Crippen molar-refractivity contribution >= 4 is 28.5 Å². The molecular weight excluding hydrogens is 479 g/mol. The molecule has 0 saturated carbocycles. The molecule has 1 fully saturated rings. The van der Waals surface area contributed by atoms with Crippen LogP contribution in [0.2, 0.25) is 5.02 Å². The number of carboxylic acid groups (broad SMARTS) is 1. The van der Waals surface area contributed by atoms with Crippen LogP contribution < -0.4 is 4.74 Å². The molecule has 4 rings (SSSR count). The van der Waals surface area contributed by atoms with Crippen LogP contribution in [0.5, 0.6) is 5.75 Å². The van der Waals surface area contributed by atoms with Gasteiger partial charge in [0.15, 0.2) is 0 Å². The molecule has 188 valence electrons. The Bertz CT molecular complexity index is 1270. The number of likely N-dealkylation sites (tertiary alicyclic amines) is 1. The molecule has 0 aliphatic carbocycles. The Hall–Kier alpha value is -3.14. The van der Waals surface area contributed by atoms with Crippen LogP contribution in [-0.2, 0) is 4.79 Å². The van der Waals surface area contributed by atoms with Crippen LogP contribution in [-0.4, -0.2) is 47.7 Å². The lowest BCUT2D eigenvalue weighted by Gasteiger charge is -2.37. The smallest absolute Gasteiger partial charge is 0.303 e. The summed E-state index contributed by atoms with van der Waals surface area (Å²) >= 11 is 6.18. The topological polar surface area (TPSA) is 62.7 Å². The maximum absolute atomic E-state index is 15.5. The number of carbonyl (C=O) groups is 1. The molecule has 0 bridgehead atoms. The van der Waals surface area contributed by atoms with E-state index in [0.29, 0.717) is 42.3 Å². The first-order valence-corrected chi connectivity index (χ1v) is 12.6. The third-order valence-corrected chi connectivity index (χ3v) is 7.25. The molecule has 3 aromatic rings. The van der Waals surface area contributed by atoms with E-state index in [1.54, 1.807) is 19.4 Å². The van der Waals surface area contributed by atoms with Crippen molar-refractivity contribution in [2.75, 3.05) is 26.7 Å². The van der Waals surface area contributed by atoms with E-state index in [1.165, 1.54) is 0 Å². The van der Waals surface area contributed by atoms with Crippen molar-refractivity contribution in [3.05, 3.63) is 70.9 Å². The molecule has 0 spiro atoms. The highest BCUT2D eigenvalue weighted by Crippen LogP contribution is 2.36. The average molecular weight is 509 g/mol. The van der Waals surface area contributed by atoms with Crippen LogP contribution >= 0.6 is 11.6 Å². The van der Waals surface area contributed by atoms with Gasteiger partial charge in [-0.05, 0) is 79.6 Å². The maximum Gasteiger partial charge on any atom is 0.303 e.